The monoisotopic (exact) mass is 350 g/mol. The summed E-state index contributed by atoms with van der Waals surface area (Å²) in [7, 11) is 3.98. The maximum absolute atomic E-state index is 11.7. The minimum absolute atomic E-state index is 0.0257. The second-order valence-corrected chi connectivity index (χ2v) is 6.33. The van der Waals surface area contributed by atoms with Gasteiger partial charge in [0.25, 0.3) is 0 Å². The van der Waals surface area contributed by atoms with Crippen LogP contribution in [0.4, 0.5) is 0 Å². The third kappa shape index (κ3) is 8.37. The van der Waals surface area contributed by atoms with Crippen LogP contribution in [-0.4, -0.2) is 61.1 Å². The maximum atomic E-state index is 11.7. The smallest absolute Gasteiger partial charge is 0.234 e. The van der Waals surface area contributed by atoms with Crippen LogP contribution in [0.5, 0.6) is 5.75 Å². The van der Waals surface area contributed by atoms with Crippen molar-refractivity contribution in [1.29, 1.82) is 5.41 Å². The molecule has 1 rings (SSSR count). The fraction of sp³-hybridized carbons (Fsp3) is 0.529. The van der Waals surface area contributed by atoms with E-state index < -0.39 is 11.9 Å². The summed E-state index contributed by atoms with van der Waals surface area (Å²) in [6.07, 6.45) is 2.23. The van der Waals surface area contributed by atoms with Gasteiger partial charge in [-0.05, 0) is 51.1 Å². The first-order chi connectivity index (χ1) is 11.8. The standard InChI is InChI=1S/C17H30N6O2/c1-23(2)13(4-3-9-21-17(19)20)11-22-15(16(18)25)10-12-5-7-14(24)8-6-12/h5-8,13,15,22,24H,3-4,9-11H2,1-2H3,(H2,18,25)(H4,19,20,21)/t13-,15-/m0/s1. The van der Waals surface area contributed by atoms with E-state index in [9.17, 15) is 9.90 Å². The predicted molar refractivity (Wildman–Crippen MR) is 99.4 cm³/mol. The molecule has 0 bridgehead atoms. The van der Waals surface area contributed by atoms with E-state index in [1.807, 2.05) is 14.1 Å². The molecule has 8 N–H and O–H groups in total. The molecule has 2 atom stereocenters. The Morgan fingerprint density at radius 1 is 1.28 bits per heavy atom. The number of nitrogens with zero attached hydrogens (tertiary/aromatic N) is 1. The van der Waals surface area contributed by atoms with Crippen molar-refractivity contribution in [1.82, 2.24) is 15.5 Å². The lowest BCUT2D eigenvalue weighted by atomic mass is 10.0. The summed E-state index contributed by atoms with van der Waals surface area (Å²) in [5.74, 6) is -0.231. The van der Waals surface area contributed by atoms with E-state index in [1.165, 1.54) is 0 Å². The first-order valence-corrected chi connectivity index (χ1v) is 8.34. The van der Waals surface area contributed by atoms with Crippen LogP contribution in [0, 0.1) is 5.41 Å². The fourth-order valence-corrected chi connectivity index (χ4v) is 2.52. The number of benzene rings is 1. The molecule has 0 saturated carbocycles. The van der Waals surface area contributed by atoms with Crippen LogP contribution < -0.4 is 22.1 Å². The van der Waals surface area contributed by atoms with E-state index in [4.69, 9.17) is 16.9 Å². The number of carbonyl (C=O) groups is 1. The number of nitrogens with two attached hydrogens (primary N) is 2. The van der Waals surface area contributed by atoms with Gasteiger partial charge in [0.15, 0.2) is 5.96 Å². The number of rotatable bonds is 11. The number of hydrogen-bond donors (Lipinski definition) is 6. The van der Waals surface area contributed by atoms with Gasteiger partial charge in [-0.1, -0.05) is 12.1 Å². The lowest BCUT2D eigenvalue weighted by Gasteiger charge is -2.27. The molecule has 0 aliphatic rings. The van der Waals surface area contributed by atoms with Crippen molar-refractivity contribution in [2.75, 3.05) is 27.2 Å². The molecule has 25 heavy (non-hydrogen) atoms. The molecular weight excluding hydrogens is 320 g/mol. The molecule has 0 aliphatic heterocycles. The van der Waals surface area contributed by atoms with E-state index >= 15 is 0 Å². The van der Waals surface area contributed by atoms with Crippen molar-refractivity contribution in [3.8, 4) is 5.75 Å². The van der Waals surface area contributed by atoms with Crippen LogP contribution in [0.15, 0.2) is 24.3 Å². The molecule has 8 nitrogen and oxygen atoms in total. The van der Waals surface area contributed by atoms with Gasteiger partial charge < -0.3 is 32.1 Å². The second-order valence-electron chi connectivity index (χ2n) is 6.33. The number of amides is 1. The Labute approximate surface area is 149 Å². The molecule has 0 saturated heterocycles. The molecule has 0 aliphatic carbocycles. The Morgan fingerprint density at radius 2 is 1.92 bits per heavy atom. The number of guanidine groups is 1. The summed E-state index contributed by atoms with van der Waals surface area (Å²) in [6, 6.07) is 6.52. The average molecular weight is 350 g/mol. The minimum atomic E-state index is -0.470. The average Bonchev–Trinajstić information content (AvgIpc) is 2.53. The van der Waals surface area contributed by atoms with Gasteiger partial charge in [0.1, 0.15) is 5.75 Å². The van der Waals surface area contributed by atoms with Crippen molar-refractivity contribution in [2.45, 2.75) is 31.3 Å². The fourth-order valence-electron chi connectivity index (χ4n) is 2.52. The van der Waals surface area contributed by atoms with E-state index in [2.05, 4.69) is 15.5 Å². The van der Waals surface area contributed by atoms with Crippen LogP contribution in [0.3, 0.4) is 0 Å². The predicted octanol–water partition coefficient (Wildman–Crippen LogP) is -0.428. The van der Waals surface area contributed by atoms with Crippen molar-refractivity contribution < 1.29 is 9.90 Å². The number of aromatic hydroxyl groups is 1. The molecule has 0 fully saturated rings. The molecule has 0 spiro atoms. The number of phenolic OH excluding ortho intramolecular Hbond substituents is 1. The minimum Gasteiger partial charge on any atom is -0.508 e. The second kappa shape index (κ2) is 10.5. The van der Waals surface area contributed by atoms with Crippen LogP contribution >= 0.6 is 0 Å². The Kier molecular flexibility index (Phi) is 8.73. The summed E-state index contributed by atoms with van der Waals surface area (Å²) in [6.45, 7) is 1.27. The molecule has 0 aromatic heterocycles. The lowest BCUT2D eigenvalue weighted by Crippen LogP contribution is -2.48. The molecule has 0 heterocycles. The highest BCUT2D eigenvalue weighted by atomic mass is 16.3. The molecule has 1 amide bonds. The summed E-state index contributed by atoms with van der Waals surface area (Å²) >= 11 is 0. The normalized spacial score (nSPS) is 13.4. The number of hydrogen-bond acceptors (Lipinski definition) is 5. The summed E-state index contributed by atoms with van der Waals surface area (Å²) < 4.78 is 0. The third-order valence-corrected chi connectivity index (χ3v) is 4.08. The summed E-state index contributed by atoms with van der Waals surface area (Å²) in [5, 5.41) is 22.5. The zero-order valence-electron chi connectivity index (χ0n) is 15.0. The first kappa shape index (κ1) is 20.7. The molecule has 1 aromatic carbocycles. The van der Waals surface area contributed by atoms with Gasteiger partial charge >= 0.3 is 0 Å². The summed E-state index contributed by atoms with van der Waals surface area (Å²) in [4.78, 5) is 13.8. The lowest BCUT2D eigenvalue weighted by molar-refractivity contribution is -0.120. The molecule has 1 aromatic rings. The largest absolute Gasteiger partial charge is 0.508 e. The van der Waals surface area contributed by atoms with Gasteiger partial charge in [0, 0.05) is 19.1 Å². The molecule has 0 radical (unpaired) electrons. The number of primary amides is 1. The maximum Gasteiger partial charge on any atom is 0.234 e. The van der Waals surface area contributed by atoms with Crippen molar-refractivity contribution >= 4 is 11.9 Å². The highest BCUT2D eigenvalue weighted by molar-refractivity contribution is 5.80. The van der Waals surface area contributed by atoms with Gasteiger partial charge in [-0.25, -0.2) is 0 Å². The zero-order valence-corrected chi connectivity index (χ0v) is 15.0. The van der Waals surface area contributed by atoms with E-state index in [1.54, 1.807) is 24.3 Å². The van der Waals surface area contributed by atoms with Crippen molar-refractivity contribution in [3.05, 3.63) is 29.8 Å². The topological polar surface area (TPSA) is 140 Å². The third-order valence-electron chi connectivity index (χ3n) is 4.08. The number of carbonyl (C=O) groups excluding carboxylic acids is 1. The Balaban J connectivity index is 2.53. The Hall–Kier alpha value is -2.32. The van der Waals surface area contributed by atoms with Gasteiger partial charge in [0.05, 0.1) is 6.04 Å². The number of phenols is 1. The highest BCUT2D eigenvalue weighted by Gasteiger charge is 2.19. The van der Waals surface area contributed by atoms with Gasteiger partial charge in [-0.15, -0.1) is 0 Å². The molecular formula is C17H30N6O2. The van der Waals surface area contributed by atoms with Crippen LogP contribution in [0.2, 0.25) is 0 Å². The molecule has 8 heteroatoms. The first-order valence-electron chi connectivity index (χ1n) is 8.34. The van der Waals surface area contributed by atoms with Crippen LogP contribution in [-0.2, 0) is 11.2 Å². The molecule has 0 unspecified atom stereocenters. The number of nitrogens with one attached hydrogen (secondary N) is 3. The van der Waals surface area contributed by atoms with Crippen LogP contribution in [0.1, 0.15) is 18.4 Å². The van der Waals surface area contributed by atoms with Gasteiger partial charge in [-0.3, -0.25) is 10.2 Å². The SMILES string of the molecule is CN(C)[C@@H](CCCNC(=N)N)CN[C@@H](Cc1ccc(O)cc1)C(N)=O. The van der Waals surface area contributed by atoms with E-state index in [0.29, 0.717) is 19.5 Å². The van der Waals surface area contributed by atoms with Gasteiger partial charge in [0.2, 0.25) is 5.91 Å². The van der Waals surface area contributed by atoms with E-state index in [0.717, 1.165) is 18.4 Å². The number of likely N-dealkylation sites (N-methyl/N-ethyl adjacent to an activating group) is 1. The van der Waals surface area contributed by atoms with E-state index in [-0.39, 0.29) is 17.8 Å². The van der Waals surface area contributed by atoms with Crippen molar-refractivity contribution in [3.63, 3.8) is 0 Å². The van der Waals surface area contributed by atoms with Crippen LogP contribution in [0.25, 0.3) is 0 Å². The summed E-state index contributed by atoms with van der Waals surface area (Å²) in [5.41, 5.74) is 11.7. The highest BCUT2D eigenvalue weighted by Crippen LogP contribution is 2.11. The quantitative estimate of drug-likeness (QED) is 0.182. The Bertz CT molecular complexity index is 547. The van der Waals surface area contributed by atoms with Gasteiger partial charge in [-0.2, -0.15) is 0 Å². The molecule has 140 valence electrons. The zero-order chi connectivity index (χ0) is 18.8. The van der Waals surface area contributed by atoms with Crippen molar-refractivity contribution in [2.24, 2.45) is 11.5 Å². The Morgan fingerprint density at radius 3 is 2.44 bits per heavy atom.